The molecule has 0 aliphatic carbocycles. The minimum atomic E-state index is -4.43. The number of esters is 1. The molecule has 4 aromatic carbocycles. The van der Waals surface area contributed by atoms with Crippen molar-refractivity contribution in [1.82, 2.24) is 25.4 Å². The summed E-state index contributed by atoms with van der Waals surface area (Å²) in [5.74, 6) is -0.267. The number of carbonyl (C=O) groups is 2. The monoisotopic (exact) mass is 731 g/mol. The lowest BCUT2D eigenvalue weighted by Crippen LogP contribution is -2.35. The highest BCUT2D eigenvalue weighted by atomic mass is 32.2. The number of aromatic nitrogens is 3. The number of carbonyl (C=O) groups excluding carboxylic acids is 2. The highest BCUT2D eigenvalue weighted by molar-refractivity contribution is 8.13. The van der Waals surface area contributed by atoms with Gasteiger partial charge in [0.2, 0.25) is 0 Å². The van der Waals surface area contributed by atoms with Gasteiger partial charge in [-0.05, 0) is 97.8 Å². The summed E-state index contributed by atoms with van der Waals surface area (Å²) < 4.78 is 51.2. The lowest BCUT2D eigenvalue weighted by molar-refractivity contribution is -0.141. The zero-order chi connectivity index (χ0) is 37.1. The first-order chi connectivity index (χ1) is 24.9. The van der Waals surface area contributed by atoms with Gasteiger partial charge in [-0.25, -0.2) is 19.5 Å². The molecule has 270 valence electrons. The van der Waals surface area contributed by atoms with Gasteiger partial charge in [-0.1, -0.05) is 48.5 Å². The summed E-state index contributed by atoms with van der Waals surface area (Å²) in [4.78, 5) is 34.4. The third kappa shape index (κ3) is 11.0. The number of aryl methyl sites for hydroxylation is 2. The number of amidine groups is 1. The zero-order valence-corrected chi connectivity index (χ0v) is 29.3. The molecule has 0 bridgehead atoms. The number of nitrogens with zero attached hydrogens (tertiary/aromatic N) is 4. The molecule has 1 heterocycles. The molecule has 1 unspecified atom stereocenters. The highest BCUT2D eigenvalue weighted by Crippen LogP contribution is 2.30. The van der Waals surface area contributed by atoms with Crippen molar-refractivity contribution in [3.05, 3.63) is 126 Å². The van der Waals surface area contributed by atoms with Gasteiger partial charge in [-0.2, -0.15) is 13.2 Å². The molecule has 0 fully saturated rings. The van der Waals surface area contributed by atoms with Crippen LogP contribution in [0.4, 0.5) is 29.3 Å². The van der Waals surface area contributed by atoms with E-state index in [1.165, 1.54) is 23.1 Å². The molecule has 1 atom stereocenters. The SMILES string of the molecule is Cc1cccc(C)c1/N=C(\NC(=O)Nc1ccc(-c2ncn(-c3ccc(C(F)(F)F)cc3)n2)cc1)SCOC(=O)CNC(C)OCc1ccccc1. The Morgan fingerprint density at radius 1 is 0.923 bits per heavy atom. The van der Waals surface area contributed by atoms with E-state index in [-0.39, 0.29) is 23.9 Å². The first kappa shape index (κ1) is 37.7. The number of urea groups is 1. The summed E-state index contributed by atoms with van der Waals surface area (Å²) in [6.07, 6.45) is -3.42. The Labute approximate surface area is 302 Å². The van der Waals surface area contributed by atoms with Crippen LogP contribution in [0.1, 0.15) is 29.2 Å². The molecule has 0 saturated heterocycles. The van der Waals surface area contributed by atoms with E-state index in [0.717, 1.165) is 40.6 Å². The summed E-state index contributed by atoms with van der Waals surface area (Å²) in [6, 6.07) is 26.1. The predicted octanol–water partition coefficient (Wildman–Crippen LogP) is 7.77. The second-order valence-electron chi connectivity index (χ2n) is 11.5. The molecular formula is C37H36F3N7O4S. The third-order valence-electron chi connectivity index (χ3n) is 7.52. The average molecular weight is 732 g/mol. The highest BCUT2D eigenvalue weighted by Gasteiger charge is 2.30. The van der Waals surface area contributed by atoms with Gasteiger partial charge in [0.1, 0.15) is 18.5 Å². The molecule has 15 heteroatoms. The number of para-hydroxylation sites is 1. The van der Waals surface area contributed by atoms with Crippen LogP contribution in [0.25, 0.3) is 17.1 Å². The van der Waals surface area contributed by atoms with Crippen molar-refractivity contribution < 1.29 is 32.2 Å². The maximum Gasteiger partial charge on any atom is 0.416 e. The Morgan fingerprint density at radius 3 is 2.29 bits per heavy atom. The van der Waals surface area contributed by atoms with E-state index in [0.29, 0.717) is 35.1 Å². The van der Waals surface area contributed by atoms with Gasteiger partial charge in [0, 0.05) is 11.3 Å². The number of thioether (sulfide) groups is 1. The maximum absolute atomic E-state index is 13.1. The number of benzene rings is 4. The zero-order valence-electron chi connectivity index (χ0n) is 28.5. The fourth-order valence-electron chi connectivity index (χ4n) is 4.75. The topological polar surface area (TPSA) is 132 Å². The Bertz CT molecular complexity index is 1970. The molecule has 0 aliphatic rings. The van der Waals surface area contributed by atoms with Crippen molar-refractivity contribution in [3.8, 4) is 17.1 Å². The first-order valence-electron chi connectivity index (χ1n) is 16.0. The van der Waals surface area contributed by atoms with Crippen LogP contribution in [0.15, 0.2) is 108 Å². The van der Waals surface area contributed by atoms with Gasteiger partial charge in [-0.3, -0.25) is 15.4 Å². The Balaban J connectivity index is 1.16. The second kappa shape index (κ2) is 17.6. The number of anilines is 1. The number of nitrogens with one attached hydrogen (secondary N) is 3. The van der Waals surface area contributed by atoms with Gasteiger partial charge in [0.05, 0.1) is 30.1 Å². The van der Waals surface area contributed by atoms with Gasteiger partial charge < -0.3 is 14.8 Å². The maximum atomic E-state index is 13.1. The molecule has 5 rings (SSSR count). The van der Waals surface area contributed by atoms with Crippen molar-refractivity contribution >= 4 is 40.3 Å². The molecule has 2 amide bonds. The molecular weight excluding hydrogens is 696 g/mol. The average Bonchev–Trinajstić information content (AvgIpc) is 3.62. The van der Waals surface area contributed by atoms with Crippen molar-refractivity contribution in [2.45, 2.75) is 39.8 Å². The number of alkyl halides is 3. The fraction of sp³-hybridized carbons (Fsp3) is 0.216. The van der Waals surface area contributed by atoms with Gasteiger partial charge in [-0.15, -0.1) is 5.10 Å². The minimum absolute atomic E-state index is 0.0748. The van der Waals surface area contributed by atoms with Gasteiger partial charge in [0.15, 0.2) is 11.0 Å². The lowest BCUT2D eigenvalue weighted by Gasteiger charge is -2.15. The van der Waals surface area contributed by atoms with Crippen LogP contribution >= 0.6 is 11.8 Å². The van der Waals surface area contributed by atoms with Crippen molar-refractivity contribution in [2.24, 2.45) is 4.99 Å². The first-order valence-corrected chi connectivity index (χ1v) is 17.0. The van der Waals surface area contributed by atoms with E-state index in [1.807, 2.05) is 62.4 Å². The molecule has 1 aromatic heterocycles. The molecule has 0 aliphatic heterocycles. The van der Waals surface area contributed by atoms with Crippen LogP contribution in [0.5, 0.6) is 0 Å². The Hall–Kier alpha value is -5.51. The normalized spacial score (nSPS) is 12.3. The molecule has 3 N–H and O–H groups in total. The number of halogens is 3. The van der Waals surface area contributed by atoms with Crippen LogP contribution < -0.4 is 16.0 Å². The van der Waals surface area contributed by atoms with E-state index in [9.17, 15) is 22.8 Å². The van der Waals surface area contributed by atoms with E-state index < -0.39 is 23.7 Å². The van der Waals surface area contributed by atoms with Crippen LogP contribution in [0.2, 0.25) is 0 Å². The number of hydrogen-bond donors (Lipinski definition) is 3. The van der Waals surface area contributed by atoms with E-state index in [4.69, 9.17) is 9.47 Å². The summed E-state index contributed by atoms with van der Waals surface area (Å²) in [5, 5.41) is 13.1. The molecule has 0 saturated carbocycles. The molecule has 11 nitrogen and oxygen atoms in total. The number of rotatable bonds is 12. The second-order valence-corrected chi connectivity index (χ2v) is 12.4. The van der Waals surface area contributed by atoms with E-state index >= 15 is 0 Å². The molecule has 5 aromatic rings. The summed E-state index contributed by atoms with van der Waals surface area (Å²) in [7, 11) is 0. The molecule has 52 heavy (non-hydrogen) atoms. The number of ether oxygens (including phenoxy) is 2. The largest absolute Gasteiger partial charge is 0.453 e. The summed E-state index contributed by atoms with van der Waals surface area (Å²) in [6.45, 7) is 5.93. The van der Waals surface area contributed by atoms with Crippen molar-refractivity contribution in [2.75, 3.05) is 17.8 Å². The van der Waals surface area contributed by atoms with Crippen molar-refractivity contribution in [1.29, 1.82) is 0 Å². The van der Waals surface area contributed by atoms with Crippen LogP contribution in [0.3, 0.4) is 0 Å². The number of amides is 2. The van der Waals surface area contributed by atoms with Crippen molar-refractivity contribution in [3.63, 3.8) is 0 Å². The van der Waals surface area contributed by atoms with E-state index in [2.05, 4.69) is 31.0 Å². The number of aliphatic imine (C=N–C) groups is 1. The summed E-state index contributed by atoms with van der Waals surface area (Å²) in [5.41, 5.74) is 4.24. The molecule has 0 spiro atoms. The molecule has 0 radical (unpaired) electrons. The van der Waals surface area contributed by atoms with Crippen LogP contribution in [-0.2, 0) is 27.1 Å². The minimum Gasteiger partial charge on any atom is -0.453 e. The van der Waals surface area contributed by atoms with Crippen LogP contribution in [-0.4, -0.2) is 50.6 Å². The Morgan fingerprint density at radius 2 is 1.62 bits per heavy atom. The fourth-order valence-corrected chi connectivity index (χ4v) is 5.37. The quantitative estimate of drug-likeness (QED) is 0.0514. The van der Waals surface area contributed by atoms with Crippen LogP contribution in [0, 0.1) is 13.8 Å². The predicted molar refractivity (Wildman–Crippen MR) is 194 cm³/mol. The number of hydrogen-bond acceptors (Lipinski definition) is 9. The standard InChI is InChI=1S/C37H36F3N7O4S/c1-24-8-7-9-25(2)33(24)44-36(52-23-51-32(48)20-41-26(3)50-21-27-10-5-4-6-11-27)45-35(49)43-30-16-12-28(13-17-30)34-42-22-47(46-34)31-18-14-29(15-19-31)37(38,39)40/h4-19,22,26,41H,20-21,23H2,1-3H3,(H2,43,44,45,49). The van der Waals surface area contributed by atoms with Gasteiger partial charge >= 0.3 is 18.2 Å². The lowest BCUT2D eigenvalue weighted by atomic mass is 10.1. The van der Waals surface area contributed by atoms with E-state index in [1.54, 1.807) is 31.2 Å². The third-order valence-corrected chi connectivity index (χ3v) is 8.22. The Kier molecular flexibility index (Phi) is 12.8. The van der Waals surface area contributed by atoms with Gasteiger partial charge in [0.25, 0.3) is 0 Å². The summed E-state index contributed by atoms with van der Waals surface area (Å²) >= 11 is 1.05. The smallest absolute Gasteiger partial charge is 0.416 e.